The lowest BCUT2D eigenvalue weighted by Crippen LogP contribution is -1.84. The minimum atomic E-state index is 0.365. The van der Waals surface area contributed by atoms with Crippen LogP contribution < -0.4 is 0 Å². The number of rotatable bonds is 19. The number of hydrogen-bond donors (Lipinski definition) is 1. The normalized spacial score (nSPS) is 11.6. The maximum Gasteiger partial charge on any atom is 0.0431 e. The third-order valence-corrected chi connectivity index (χ3v) is 4.67. The summed E-state index contributed by atoms with van der Waals surface area (Å²) < 4.78 is 0. The van der Waals surface area contributed by atoms with E-state index in [-0.39, 0.29) is 0 Å². The van der Waals surface area contributed by atoms with Crippen LogP contribution in [0.4, 0.5) is 0 Å². The van der Waals surface area contributed by atoms with Gasteiger partial charge in [-0.15, -0.1) is 0 Å². The zero-order valence-corrected chi connectivity index (χ0v) is 16.0. The number of allylic oxidation sites excluding steroid dienone is 2. The Morgan fingerprint density at radius 2 is 0.826 bits per heavy atom. The average molecular weight is 325 g/mol. The van der Waals surface area contributed by atoms with Gasteiger partial charge >= 0.3 is 0 Å². The molecule has 0 saturated carbocycles. The van der Waals surface area contributed by atoms with Gasteiger partial charge in [-0.05, 0) is 32.1 Å². The lowest BCUT2D eigenvalue weighted by atomic mass is 10.1. The van der Waals surface area contributed by atoms with Gasteiger partial charge in [0, 0.05) is 6.61 Å². The van der Waals surface area contributed by atoms with Gasteiger partial charge in [0.1, 0.15) is 0 Å². The summed E-state index contributed by atoms with van der Waals surface area (Å²) in [5, 5.41) is 8.70. The van der Waals surface area contributed by atoms with Crippen LogP contribution in [0.25, 0.3) is 0 Å². The molecule has 1 N–H and O–H groups in total. The molecule has 0 amide bonds. The fraction of sp³-hybridized carbons (Fsp3) is 0.909. The second-order valence-corrected chi connectivity index (χ2v) is 7.08. The minimum Gasteiger partial charge on any atom is -0.396 e. The molecular weight excluding hydrogens is 280 g/mol. The maximum absolute atomic E-state index is 8.70. The van der Waals surface area contributed by atoms with Gasteiger partial charge < -0.3 is 5.11 Å². The smallest absolute Gasteiger partial charge is 0.0431 e. The monoisotopic (exact) mass is 324 g/mol. The van der Waals surface area contributed by atoms with Crippen molar-refractivity contribution in [1.29, 1.82) is 0 Å². The van der Waals surface area contributed by atoms with Gasteiger partial charge in [0.2, 0.25) is 0 Å². The molecule has 0 aliphatic rings. The molecule has 0 aromatic heterocycles. The van der Waals surface area contributed by atoms with Crippen molar-refractivity contribution < 1.29 is 5.11 Å². The molecule has 0 heterocycles. The summed E-state index contributed by atoms with van der Waals surface area (Å²) in [7, 11) is 0. The Hall–Kier alpha value is -0.300. The minimum absolute atomic E-state index is 0.365. The first-order chi connectivity index (χ1) is 11.4. The molecule has 1 nitrogen and oxygen atoms in total. The van der Waals surface area contributed by atoms with E-state index in [0.29, 0.717) is 6.61 Å². The summed E-state index contributed by atoms with van der Waals surface area (Å²) >= 11 is 0. The zero-order chi connectivity index (χ0) is 16.8. The molecule has 0 bridgehead atoms. The predicted octanol–water partition coefficient (Wildman–Crippen LogP) is 7.58. The Morgan fingerprint density at radius 3 is 1.22 bits per heavy atom. The third kappa shape index (κ3) is 21.7. The van der Waals surface area contributed by atoms with Crippen molar-refractivity contribution in [3.63, 3.8) is 0 Å². The first kappa shape index (κ1) is 22.7. The van der Waals surface area contributed by atoms with Crippen LogP contribution >= 0.6 is 0 Å². The standard InChI is InChI=1S/C22H44O/c1-2-3-4-5-6-7-8-9-10-11-12-13-14-15-16-17-18-19-20-21-22-23/h12-13,23H,2-11,14-22H2,1H3/b13-12-. The molecule has 0 spiro atoms. The highest BCUT2D eigenvalue weighted by Crippen LogP contribution is 2.11. The first-order valence-corrected chi connectivity index (χ1v) is 10.7. The van der Waals surface area contributed by atoms with Crippen LogP contribution in [0, 0.1) is 0 Å². The molecule has 1 heteroatoms. The van der Waals surface area contributed by atoms with Gasteiger partial charge in [-0.2, -0.15) is 0 Å². The second-order valence-electron chi connectivity index (χ2n) is 7.08. The summed E-state index contributed by atoms with van der Waals surface area (Å²) in [5.74, 6) is 0. The highest BCUT2D eigenvalue weighted by Gasteiger charge is 1.92. The molecule has 0 saturated heterocycles. The van der Waals surface area contributed by atoms with Crippen LogP contribution in [0.3, 0.4) is 0 Å². The molecule has 0 fully saturated rings. The Kier molecular flexibility index (Phi) is 21.4. The van der Waals surface area contributed by atoms with E-state index in [1.807, 2.05) is 0 Å². The SMILES string of the molecule is CCCCCCCCCCC/C=C\CCCCCCCCCO. The van der Waals surface area contributed by atoms with E-state index in [2.05, 4.69) is 19.1 Å². The molecule has 0 atom stereocenters. The molecule has 0 aliphatic carbocycles. The highest BCUT2D eigenvalue weighted by atomic mass is 16.2. The highest BCUT2D eigenvalue weighted by molar-refractivity contribution is 4.81. The molecule has 0 radical (unpaired) electrons. The third-order valence-electron chi connectivity index (χ3n) is 4.67. The zero-order valence-electron chi connectivity index (χ0n) is 16.0. The lowest BCUT2D eigenvalue weighted by molar-refractivity contribution is 0.282. The molecule has 0 unspecified atom stereocenters. The van der Waals surface area contributed by atoms with Crippen molar-refractivity contribution >= 4 is 0 Å². The summed E-state index contributed by atoms with van der Waals surface area (Å²) in [6, 6.07) is 0. The van der Waals surface area contributed by atoms with Crippen LogP contribution in [0.15, 0.2) is 12.2 Å². The topological polar surface area (TPSA) is 20.2 Å². The van der Waals surface area contributed by atoms with E-state index < -0.39 is 0 Å². The van der Waals surface area contributed by atoms with E-state index in [9.17, 15) is 0 Å². The van der Waals surface area contributed by atoms with Crippen LogP contribution in [0.1, 0.15) is 122 Å². The Labute approximate surface area is 147 Å². The van der Waals surface area contributed by atoms with Gasteiger partial charge in [0.15, 0.2) is 0 Å². The predicted molar refractivity (Wildman–Crippen MR) is 105 cm³/mol. The molecular formula is C22H44O. The number of aliphatic hydroxyl groups excluding tert-OH is 1. The largest absolute Gasteiger partial charge is 0.396 e. The average Bonchev–Trinajstić information content (AvgIpc) is 2.57. The van der Waals surface area contributed by atoms with Gasteiger partial charge in [-0.3, -0.25) is 0 Å². The summed E-state index contributed by atoms with van der Waals surface area (Å²) in [4.78, 5) is 0. The van der Waals surface area contributed by atoms with Gasteiger partial charge in [-0.1, -0.05) is 103 Å². The molecule has 0 aromatic rings. The summed E-state index contributed by atoms with van der Waals surface area (Å²) in [6.07, 6.45) is 29.1. The first-order valence-electron chi connectivity index (χ1n) is 10.7. The van der Waals surface area contributed by atoms with Gasteiger partial charge in [-0.25, -0.2) is 0 Å². The van der Waals surface area contributed by atoms with Gasteiger partial charge in [0.25, 0.3) is 0 Å². The quantitative estimate of drug-likeness (QED) is 0.192. The summed E-state index contributed by atoms with van der Waals surface area (Å²) in [5.41, 5.74) is 0. The lowest BCUT2D eigenvalue weighted by Gasteiger charge is -2.01. The van der Waals surface area contributed by atoms with Crippen LogP contribution in [-0.4, -0.2) is 11.7 Å². The van der Waals surface area contributed by atoms with Crippen molar-refractivity contribution in [3.8, 4) is 0 Å². The Morgan fingerprint density at radius 1 is 0.478 bits per heavy atom. The Balaban J connectivity index is 3.03. The van der Waals surface area contributed by atoms with Gasteiger partial charge in [0.05, 0.1) is 0 Å². The number of unbranched alkanes of at least 4 members (excludes halogenated alkanes) is 16. The van der Waals surface area contributed by atoms with Crippen molar-refractivity contribution in [2.75, 3.05) is 6.61 Å². The van der Waals surface area contributed by atoms with Crippen molar-refractivity contribution in [1.82, 2.24) is 0 Å². The van der Waals surface area contributed by atoms with Crippen molar-refractivity contribution in [2.45, 2.75) is 122 Å². The number of aliphatic hydroxyl groups is 1. The second kappa shape index (κ2) is 21.7. The number of hydrogen-bond acceptors (Lipinski definition) is 1. The van der Waals surface area contributed by atoms with E-state index in [0.717, 1.165) is 6.42 Å². The van der Waals surface area contributed by atoms with E-state index in [1.54, 1.807) is 0 Å². The molecule has 0 aliphatic heterocycles. The Bertz CT molecular complexity index is 222. The van der Waals surface area contributed by atoms with E-state index >= 15 is 0 Å². The van der Waals surface area contributed by atoms with E-state index in [4.69, 9.17) is 5.11 Å². The summed E-state index contributed by atoms with van der Waals surface area (Å²) in [6.45, 7) is 2.65. The fourth-order valence-corrected chi connectivity index (χ4v) is 3.07. The van der Waals surface area contributed by atoms with Crippen molar-refractivity contribution in [2.24, 2.45) is 0 Å². The fourth-order valence-electron chi connectivity index (χ4n) is 3.07. The molecule has 23 heavy (non-hydrogen) atoms. The maximum atomic E-state index is 8.70. The van der Waals surface area contributed by atoms with Crippen LogP contribution in [0.5, 0.6) is 0 Å². The van der Waals surface area contributed by atoms with E-state index in [1.165, 1.54) is 109 Å². The van der Waals surface area contributed by atoms with Crippen LogP contribution in [0.2, 0.25) is 0 Å². The van der Waals surface area contributed by atoms with Crippen molar-refractivity contribution in [3.05, 3.63) is 12.2 Å². The molecule has 0 aromatic carbocycles. The van der Waals surface area contributed by atoms with Crippen LogP contribution in [-0.2, 0) is 0 Å². The molecule has 0 rings (SSSR count). The molecule has 138 valence electrons.